The Hall–Kier alpha value is -2.81. The highest BCUT2D eigenvalue weighted by molar-refractivity contribution is 7.80. The fourth-order valence-electron chi connectivity index (χ4n) is 2.12. The van der Waals surface area contributed by atoms with Gasteiger partial charge in [-0.25, -0.2) is 0 Å². The second kappa shape index (κ2) is 8.05. The predicted octanol–water partition coefficient (Wildman–Crippen LogP) is 4.13. The molecule has 0 bridgehead atoms. The summed E-state index contributed by atoms with van der Waals surface area (Å²) in [6.45, 7) is 1.60. The molecule has 0 unspecified atom stereocenters. The number of anilines is 1. The summed E-state index contributed by atoms with van der Waals surface area (Å²) in [5, 5.41) is 16.2. The number of phenols is 1. The molecule has 0 aliphatic rings. The molecule has 9 heteroatoms. The van der Waals surface area contributed by atoms with E-state index in [-0.39, 0.29) is 16.5 Å². The zero-order chi connectivity index (χ0) is 19.3. The molecule has 0 fully saturated rings. The number of para-hydroxylation sites is 1. The van der Waals surface area contributed by atoms with Crippen molar-refractivity contribution in [3.05, 3.63) is 53.6 Å². The van der Waals surface area contributed by atoms with E-state index < -0.39 is 11.7 Å². The van der Waals surface area contributed by atoms with Crippen LogP contribution in [0, 0.1) is 0 Å². The monoisotopic (exact) mass is 383 g/mol. The normalized spacial score (nSPS) is 11.8. The van der Waals surface area contributed by atoms with Crippen molar-refractivity contribution in [3.63, 3.8) is 0 Å². The van der Waals surface area contributed by atoms with E-state index in [4.69, 9.17) is 17.0 Å². The third kappa shape index (κ3) is 4.85. The SMILES string of the molecule is COc1ccc(O)c(/C(C)=N/NC(=S)Nc2ccccc2C(F)(F)F)c1. The Balaban J connectivity index is 2.13. The number of benzene rings is 2. The molecule has 26 heavy (non-hydrogen) atoms. The largest absolute Gasteiger partial charge is 0.507 e. The third-order valence-electron chi connectivity index (χ3n) is 3.40. The number of nitrogens with one attached hydrogen (secondary N) is 2. The van der Waals surface area contributed by atoms with E-state index in [0.717, 1.165) is 6.07 Å². The molecule has 0 atom stereocenters. The summed E-state index contributed by atoms with van der Waals surface area (Å²) in [4.78, 5) is 0. The molecule has 0 aliphatic heterocycles. The molecule has 0 saturated carbocycles. The Morgan fingerprint density at radius 1 is 1.19 bits per heavy atom. The molecule has 138 valence electrons. The van der Waals surface area contributed by atoms with Crippen molar-refractivity contribution in [2.24, 2.45) is 5.10 Å². The molecule has 2 aromatic rings. The number of alkyl halides is 3. The Bertz CT molecular complexity index is 838. The highest BCUT2D eigenvalue weighted by Gasteiger charge is 2.33. The minimum atomic E-state index is -4.51. The topological polar surface area (TPSA) is 65.9 Å². The van der Waals surface area contributed by atoms with Crippen molar-refractivity contribution in [1.29, 1.82) is 0 Å². The fourth-order valence-corrected chi connectivity index (χ4v) is 2.27. The maximum atomic E-state index is 13.0. The lowest BCUT2D eigenvalue weighted by Gasteiger charge is -2.14. The first-order valence-electron chi connectivity index (χ1n) is 7.37. The molecule has 2 rings (SSSR count). The van der Waals surface area contributed by atoms with Crippen LogP contribution in [-0.4, -0.2) is 23.0 Å². The van der Waals surface area contributed by atoms with Crippen LogP contribution in [0.5, 0.6) is 11.5 Å². The second-order valence-corrected chi connectivity index (χ2v) is 5.60. The van der Waals surface area contributed by atoms with Crippen LogP contribution in [-0.2, 0) is 6.18 Å². The van der Waals surface area contributed by atoms with Gasteiger partial charge in [-0.1, -0.05) is 12.1 Å². The first-order valence-corrected chi connectivity index (χ1v) is 7.78. The maximum absolute atomic E-state index is 13.0. The van der Waals surface area contributed by atoms with Crippen LogP contribution in [0.4, 0.5) is 18.9 Å². The Labute approximate surface area is 153 Å². The Morgan fingerprint density at radius 2 is 1.88 bits per heavy atom. The average molecular weight is 383 g/mol. The molecule has 3 N–H and O–H groups in total. The van der Waals surface area contributed by atoms with E-state index in [0.29, 0.717) is 17.0 Å². The van der Waals surface area contributed by atoms with E-state index in [9.17, 15) is 18.3 Å². The van der Waals surface area contributed by atoms with Crippen LogP contribution >= 0.6 is 12.2 Å². The summed E-state index contributed by atoms with van der Waals surface area (Å²) in [5.41, 5.74) is 2.21. The molecule has 5 nitrogen and oxygen atoms in total. The van der Waals surface area contributed by atoms with Gasteiger partial charge in [0.1, 0.15) is 11.5 Å². The van der Waals surface area contributed by atoms with Crippen molar-refractivity contribution in [1.82, 2.24) is 5.43 Å². The zero-order valence-electron chi connectivity index (χ0n) is 13.9. The molecular formula is C17H16F3N3O2S. The fraction of sp³-hybridized carbons (Fsp3) is 0.176. The summed E-state index contributed by atoms with van der Waals surface area (Å²) in [6, 6.07) is 9.57. The molecule has 0 aliphatic carbocycles. The van der Waals surface area contributed by atoms with Gasteiger partial charge in [-0.2, -0.15) is 18.3 Å². The second-order valence-electron chi connectivity index (χ2n) is 5.19. The number of halogens is 3. The number of hydrogen-bond donors (Lipinski definition) is 3. The predicted molar refractivity (Wildman–Crippen MR) is 97.7 cm³/mol. The third-order valence-corrected chi connectivity index (χ3v) is 3.59. The number of ether oxygens (including phenoxy) is 1. The van der Waals surface area contributed by atoms with Gasteiger partial charge in [-0.3, -0.25) is 5.43 Å². The van der Waals surface area contributed by atoms with E-state index in [1.807, 2.05) is 0 Å². The Morgan fingerprint density at radius 3 is 2.54 bits per heavy atom. The van der Waals surface area contributed by atoms with Crippen molar-refractivity contribution >= 4 is 28.7 Å². The number of hydrazone groups is 1. The molecule has 0 amide bonds. The summed E-state index contributed by atoms with van der Waals surface area (Å²) in [7, 11) is 1.48. The first kappa shape index (κ1) is 19.5. The van der Waals surface area contributed by atoms with Gasteiger partial charge in [-0.15, -0.1) is 0 Å². The number of nitrogens with zero attached hydrogens (tertiary/aromatic N) is 1. The van der Waals surface area contributed by atoms with Crippen LogP contribution in [0.1, 0.15) is 18.1 Å². The standard InChI is InChI=1S/C17H16F3N3O2S/c1-10(12-9-11(25-2)7-8-15(12)24)22-23-16(26)21-14-6-4-3-5-13(14)17(18,19)20/h3-9,24H,1-2H3,(H2,21,23,26)/b22-10+. The Kier molecular flexibility index (Phi) is 6.04. The van der Waals surface area contributed by atoms with Gasteiger partial charge in [0.2, 0.25) is 0 Å². The number of phenolic OH excluding ortho intramolecular Hbond substituents is 1. The van der Waals surface area contributed by atoms with Crippen LogP contribution in [0.3, 0.4) is 0 Å². The minimum absolute atomic E-state index is 0.0184. The number of hydrogen-bond acceptors (Lipinski definition) is 4. The van der Waals surface area contributed by atoms with Crippen LogP contribution in [0.15, 0.2) is 47.6 Å². The van der Waals surface area contributed by atoms with Crippen LogP contribution < -0.4 is 15.5 Å². The summed E-state index contributed by atoms with van der Waals surface area (Å²) < 4.78 is 44.0. The number of thiocarbonyl (C=S) groups is 1. The van der Waals surface area contributed by atoms with Crippen LogP contribution in [0.25, 0.3) is 0 Å². The van der Waals surface area contributed by atoms with Crippen molar-refractivity contribution in [3.8, 4) is 11.5 Å². The molecule has 0 radical (unpaired) electrons. The van der Waals surface area contributed by atoms with Gasteiger partial charge >= 0.3 is 6.18 Å². The average Bonchev–Trinajstić information content (AvgIpc) is 2.59. The van der Waals surface area contributed by atoms with Crippen molar-refractivity contribution in [2.75, 3.05) is 12.4 Å². The highest BCUT2D eigenvalue weighted by Crippen LogP contribution is 2.34. The van der Waals surface area contributed by atoms with Gasteiger partial charge in [0.05, 0.1) is 24.1 Å². The number of methoxy groups -OCH3 is 1. The summed E-state index contributed by atoms with van der Waals surface area (Å²) in [6.07, 6.45) is -4.51. The molecular weight excluding hydrogens is 367 g/mol. The maximum Gasteiger partial charge on any atom is 0.418 e. The van der Waals surface area contributed by atoms with Gasteiger partial charge in [0.25, 0.3) is 0 Å². The number of aromatic hydroxyl groups is 1. The van der Waals surface area contributed by atoms with Gasteiger partial charge in [0.15, 0.2) is 5.11 Å². The molecule has 0 aromatic heterocycles. The van der Waals surface area contributed by atoms with Gasteiger partial charge < -0.3 is 15.2 Å². The van der Waals surface area contributed by atoms with E-state index in [1.165, 1.54) is 31.4 Å². The first-order chi connectivity index (χ1) is 12.2. The van der Waals surface area contributed by atoms with Gasteiger partial charge in [0, 0.05) is 5.56 Å². The van der Waals surface area contributed by atoms with Crippen molar-refractivity contribution in [2.45, 2.75) is 13.1 Å². The molecule has 0 saturated heterocycles. The zero-order valence-corrected chi connectivity index (χ0v) is 14.7. The lowest BCUT2D eigenvalue weighted by Crippen LogP contribution is -2.26. The molecule has 2 aromatic carbocycles. The lowest BCUT2D eigenvalue weighted by atomic mass is 10.1. The minimum Gasteiger partial charge on any atom is -0.507 e. The lowest BCUT2D eigenvalue weighted by molar-refractivity contribution is -0.136. The van der Waals surface area contributed by atoms with Crippen molar-refractivity contribution < 1.29 is 23.0 Å². The number of rotatable bonds is 4. The summed E-state index contributed by atoms with van der Waals surface area (Å²) >= 11 is 4.98. The van der Waals surface area contributed by atoms with E-state index in [1.54, 1.807) is 19.1 Å². The smallest absolute Gasteiger partial charge is 0.418 e. The quantitative estimate of drug-likeness (QED) is 0.421. The molecule has 0 heterocycles. The molecule has 0 spiro atoms. The van der Waals surface area contributed by atoms with E-state index in [2.05, 4.69) is 15.8 Å². The van der Waals surface area contributed by atoms with E-state index >= 15 is 0 Å². The summed E-state index contributed by atoms with van der Waals surface area (Å²) in [5.74, 6) is 0.502. The highest BCUT2D eigenvalue weighted by atomic mass is 32.1. The van der Waals surface area contributed by atoms with Gasteiger partial charge in [-0.05, 0) is 49.5 Å². The van der Waals surface area contributed by atoms with Crippen LogP contribution in [0.2, 0.25) is 0 Å².